The third-order valence-electron chi connectivity index (χ3n) is 4.94. The normalized spacial score (nSPS) is 30.8. The first kappa shape index (κ1) is 17.7. The van der Waals surface area contributed by atoms with Crippen molar-refractivity contribution < 1.29 is 18.8 Å². The Morgan fingerprint density at radius 1 is 1.58 bits per heavy atom. The number of nitrogens with one attached hydrogen (secondary N) is 1. The minimum Gasteiger partial charge on any atom is -0.379 e. The highest BCUT2D eigenvalue weighted by atomic mass is 32.2. The van der Waals surface area contributed by atoms with Gasteiger partial charge in [0.15, 0.2) is 5.60 Å². The second-order valence-electron chi connectivity index (χ2n) is 6.76. The quantitative estimate of drug-likeness (QED) is 0.824. The Morgan fingerprint density at radius 2 is 2.38 bits per heavy atom. The number of amides is 1. The summed E-state index contributed by atoms with van der Waals surface area (Å²) in [5.41, 5.74) is 0.520. The number of aromatic nitrogens is 1. The third kappa shape index (κ3) is 3.60. The molecule has 2 saturated heterocycles. The van der Waals surface area contributed by atoms with Gasteiger partial charge < -0.3 is 14.9 Å². The van der Waals surface area contributed by atoms with Crippen LogP contribution < -0.4 is 5.32 Å². The van der Waals surface area contributed by atoms with Crippen LogP contribution in [0.15, 0.2) is 4.52 Å². The minimum absolute atomic E-state index is 0.0877. The van der Waals surface area contributed by atoms with E-state index in [1.807, 2.05) is 18.7 Å². The van der Waals surface area contributed by atoms with Gasteiger partial charge in [0.2, 0.25) is 0 Å². The molecule has 0 spiro atoms. The molecule has 0 saturated carbocycles. The lowest BCUT2D eigenvalue weighted by atomic mass is 10.0. The van der Waals surface area contributed by atoms with Crippen LogP contribution in [0.25, 0.3) is 0 Å². The smallest absolute Gasteiger partial charge is 0.252 e. The summed E-state index contributed by atoms with van der Waals surface area (Å²) in [5, 5.41) is 17.0. The molecule has 134 valence electrons. The van der Waals surface area contributed by atoms with E-state index in [2.05, 4.69) is 10.5 Å². The first-order valence-corrected chi connectivity index (χ1v) is 9.43. The lowest BCUT2D eigenvalue weighted by molar-refractivity contribution is -0.137. The summed E-state index contributed by atoms with van der Waals surface area (Å²) in [6.07, 6.45) is -0.0445. The average molecular weight is 357 g/mol. The fourth-order valence-electron chi connectivity index (χ4n) is 3.37. The zero-order valence-corrected chi connectivity index (χ0v) is 14.9. The maximum Gasteiger partial charge on any atom is 0.252 e. The molecule has 2 fully saturated rings. The number of thioether (sulfide) groups is 1. The van der Waals surface area contributed by atoms with E-state index in [1.165, 1.54) is 0 Å². The van der Waals surface area contributed by atoms with E-state index < -0.39 is 11.8 Å². The number of carbonyl (C=O) groups excluding carboxylic acids is 1. The van der Waals surface area contributed by atoms with Gasteiger partial charge in [-0.15, -0.1) is 0 Å². The zero-order valence-electron chi connectivity index (χ0n) is 14.0. The number of nitrogens with zero attached hydrogens (tertiary/aromatic N) is 2. The first-order chi connectivity index (χ1) is 11.4. The average Bonchev–Trinajstić information content (AvgIpc) is 3.21. The predicted octanol–water partition coefficient (Wildman–Crippen LogP) is 1.19. The van der Waals surface area contributed by atoms with Gasteiger partial charge in [-0.1, -0.05) is 5.16 Å². The van der Waals surface area contributed by atoms with Crippen molar-refractivity contribution >= 4 is 17.7 Å². The Kier molecular flexibility index (Phi) is 5.17. The van der Waals surface area contributed by atoms with Gasteiger partial charge >= 0.3 is 0 Å². The highest BCUT2D eigenvalue weighted by Gasteiger charge is 2.40. The van der Waals surface area contributed by atoms with Crippen LogP contribution in [0.5, 0.6) is 0 Å². The maximum atomic E-state index is 13.9. The molecular weight excluding hydrogens is 333 g/mol. The number of likely N-dealkylation sites (tertiary alicyclic amines) is 1. The molecule has 1 aromatic heterocycles. The molecule has 6 nitrogen and oxygen atoms in total. The molecule has 0 aliphatic carbocycles. The molecule has 8 heteroatoms. The van der Waals surface area contributed by atoms with E-state index in [1.54, 1.807) is 11.8 Å². The molecule has 0 radical (unpaired) electrons. The van der Waals surface area contributed by atoms with Crippen molar-refractivity contribution in [3.63, 3.8) is 0 Å². The molecule has 0 bridgehead atoms. The monoisotopic (exact) mass is 357 g/mol. The van der Waals surface area contributed by atoms with Crippen LogP contribution in [0.3, 0.4) is 0 Å². The fraction of sp³-hybridized carbons (Fsp3) is 0.750. The lowest BCUT2D eigenvalue weighted by Crippen LogP contribution is -2.50. The number of aliphatic hydroxyl groups is 1. The van der Waals surface area contributed by atoms with Crippen LogP contribution in [-0.2, 0) is 11.3 Å². The van der Waals surface area contributed by atoms with E-state index in [0.717, 1.165) is 22.8 Å². The van der Waals surface area contributed by atoms with Crippen LogP contribution in [0.2, 0.25) is 0 Å². The standard InChI is InChI=1S/C16H24FN3O3S/c1-10-14(11(2)23-19-10)8-20-7-12(17)5-13(20)6-18-15(21)16(22)3-4-24-9-16/h12-13,22H,3-9H2,1-2H3,(H,18,21)/t12-,13-,16+/m0/s1. The van der Waals surface area contributed by atoms with Crippen molar-refractivity contribution in [1.82, 2.24) is 15.4 Å². The molecule has 0 unspecified atom stereocenters. The molecule has 1 aromatic rings. The van der Waals surface area contributed by atoms with Gasteiger partial charge in [0, 0.05) is 37.0 Å². The maximum absolute atomic E-state index is 13.9. The number of halogens is 1. The van der Waals surface area contributed by atoms with Crippen LogP contribution in [0.4, 0.5) is 4.39 Å². The van der Waals surface area contributed by atoms with Crippen LogP contribution in [-0.4, -0.2) is 63.5 Å². The molecule has 3 rings (SSSR count). The highest BCUT2D eigenvalue weighted by molar-refractivity contribution is 7.99. The molecular formula is C16H24FN3O3S. The third-order valence-corrected chi connectivity index (χ3v) is 6.12. The minimum atomic E-state index is -1.27. The Bertz CT molecular complexity index is 584. The van der Waals surface area contributed by atoms with Crippen molar-refractivity contribution in [3.05, 3.63) is 17.0 Å². The number of aryl methyl sites for hydroxylation is 2. The molecule has 2 aliphatic heterocycles. The van der Waals surface area contributed by atoms with E-state index in [4.69, 9.17) is 4.52 Å². The topological polar surface area (TPSA) is 78.6 Å². The first-order valence-electron chi connectivity index (χ1n) is 8.27. The molecule has 2 aliphatic rings. The van der Waals surface area contributed by atoms with Gasteiger partial charge in [-0.25, -0.2) is 4.39 Å². The second-order valence-corrected chi connectivity index (χ2v) is 7.87. The number of hydrogen-bond donors (Lipinski definition) is 2. The van der Waals surface area contributed by atoms with E-state index >= 15 is 0 Å². The second kappa shape index (κ2) is 7.01. The summed E-state index contributed by atoms with van der Waals surface area (Å²) in [5.74, 6) is 1.62. The molecule has 3 heterocycles. The van der Waals surface area contributed by atoms with Gasteiger partial charge in [0.1, 0.15) is 11.9 Å². The van der Waals surface area contributed by atoms with Gasteiger partial charge in [-0.05, 0) is 32.4 Å². The summed E-state index contributed by atoms with van der Waals surface area (Å²) >= 11 is 1.58. The molecule has 3 atom stereocenters. The van der Waals surface area contributed by atoms with Crippen molar-refractivity contribution in [3.8, 4) is 0 Å². The number of hydrogen-bond acceptors (Lipinski definition) is 6. The van der Waals surface area contributed by atoms with Crippen molar-refractivity contribution in [2.45, 2.75) is 51.0 Å². The molecule has 0 aromatic carbocycles. The number of rotatable bonds is 5. The highest BCUT2D eigenvalue weighted by Crippen LogP contribution is 2.28. The van der Waals surface area contributed by atoms with Gasteiger partial charge in [-0.3, -0.25) is 9.69 Å². The number of alkyl halides is 1. The Hall–Kier alpha value is -1.12. The molecule has 24 heavy (non-hydrogen) atoms. The van der Waals surface area contributed by atoms with Crippen LogP contribution in [0, 0.1) is 13.8 Å². The van der Waals surface area contributed by atoms with Crippen molar-refractivity contribution in [2.24, 2.45) is 0 Å². The zero-order chi connectivity index (χ0) is 17.3. The van der Waals surface area contributed by atoms with E-state index in [-0.39, 0.29) is 11.9 Å². The summed E-state index contributed by atoms with van der Waals surface area (Å²) in [6.45, 7) is 4.96. The van der Waals surface area contributed by atoms with Crippen LogP contribution >= 0.6 is 11.8 Å². The summed E-state index contributed by atoms with van der Waals surface area (Å²) in [6, 6.07) is -0.0877. The SMILES string of the molecule is Cc1noc(C)c1CN1C[C@@H](F)C[C@H]1CNC(=O)[C@@]1(O)CCSC1. The Morgan fingerprint density at radius 3 is 3.00 bits per heavy atom. The molecule has 1 amide bonds. The predicted molar refractivity (Wildman–Crippen MR) is 89.6 cm³/mol. The van der Waals surface area contributed by atoms with Crippen molar-refractivity contribution in [2.75, 3.05) is 24.6 Å². The van der Waals surface area contributed by atoms with Gasteiger partial charge in [-0.2, -0.15) is 11.8 Å². The summed E-state index contributed by atoms with van der Waals surface area (Å²) in [4.78, 5) is 14.2. The fourth-order valence-corrected chi connectivity index (χ4v) is 4.61. The summed E-state index contributed by atoms with van der Waals surface area (Å²) < 4.78 is 19.1. The van der Waals surface area contributed by atoms with Gasteiger partial charge in [0.25, 0.3) is 5.91 Å². The van der Waals surface area contributed by atoms with E-state index in [9.17, 15) is 14.3 Å². The van der Waals surface area contributed by atoms with E-state index in [0.29, 0.717) is 38.2 Å². The van der Waals surface area contributed by atoms with Gasteiger partial charge in [0.05, 0.1) is 5.69 Å². The Labute approximate surface area is 145 Å². The number of carbonyl (C=O) groups is 1. The lowest BCUT2D eigenvalue weighted by Gasteiger charge is -2.26. The molecule has 2 N–H and O–H groups in total. The van der Waals surface area contributed by atoms with Crippen LogP contribution in [0.1, 0.15) is 29.9 Å². The Balaban J connectivity index is 1.60. The largest absolute Gasteiger partial charge is 0.379 e. The van der Waals surface area contributed by atoms with Crippen molar-refractivity contribution in [1.29, 1.82) is 0 Å². The summed E-state index contributed by atoms with van der Waals surface area (Å²) in [7, 11) is 0.